The molecule has 0 radical (unpaired) electrons. The van der Waals surface area contributed by atoms with E-state index in [0.717, 1.165) is 38.2 Å². The average molecular weight is 357 g/mol. The zero-order valence-electron chi connectivity index (χ0n) is 12.8. The Hall–Kier alpha value is -1.05. The fourth-order valence-corrected chi connectivity index (χ4v) is 2.69. The minimum atomic E-state index is -4.48. The van der Waals surface area contributed by atoms with E-state index in [1.807, 2.05) is 13.0 Å². The van der Waals surface area contributed by atoms with E-state index < -0.39 is 12.5 Å². The van der Waals surface area contributed by atoms with Crippen LogP contribution >= 0.6 is 12.4 Å². The normalized spacial score (nSPS) is 17.7. The molecule has 0 amide bonds. The molecule has 2 rings (SSSR count). The molecule has 0 saturated carbocycles. The first-order valence-corrected chi connectivity index (χ1v) is 7.33. The van der Waals surface area contributed by atoms with Crippen molar-refractivity contribution in [3.8, 4) is 5.75 Å². The van der Waals surface area contributed by atoms with Gasteiger partial charge in [0.25, 0.3) is 0 Å². The number of halogens is 5. The molecule has 1 N–H and O–H groups in total. The summed E-state index contributed by atoms with van der Waals surface area (Å²) >= 11 is 0. The van der Waals surface area contributed by atoms with Gasteiger partial charge in [0.2, 0.25) is 0 Å². The second kappa shape index (κ2) is 8.70. The molecule has 3 nitrogen and oxygen atoms in total. The molecule has 23 heavy (non-hydrogen) atoms. The third kappa shape index (κ3) is 5.22. The van der Waals surface area contributed by atoms with Crippen LogP contribution in [0.25, 0.3) is 0 Å². The lowest BCUT2D eigenvalue weighted by atomic mass is 10.0. The summed E-state index contributed by atoms with van der Waals surface area (Å²) in [6, 6.07) is 6.11. The van der Waals surface area contributed by atoms with Gasteiger partial charge in [-0.1, -0.05) is 19.1 Å². The molecule has 0 bridgehead atoms. The van der Waals surface area contributed by atoms with Crippen LogP contribution in [-0.2, 0) is 0 Å². The highest BCUT2D eigenvalue weighted by Gasteiger charge is 2.44. The highest BCUT2D eigenvalue weighted by Crippen LogP contribution is 2.31. The van der Waals surface area contributed by atoms with Crippen molar-refractivity contribution in [1.82, 2.24) is 10.2 Å². The SMILES string of the molecule is CC[C@@H](c1cccc(OC(F)(F)C(F)F)c1)N1CCNCC1.Cl. The number of alkyl halides is 4. The molecule has 132 valence electrons. The minimum absolute atomic E-state index is 0. The molecule has 1 fully saturated rings. The molecule has 0 aliphatic carbocycles. The Morgan fingerprint density at radius 2 is 1.91 bits per heavy atom. The largest absolute Gasteiger partial charge is 0.461 e. The van der Waals surface area contributed by atoms with Crippen LogP contribution in [0.1, 0.15) is 24.9 Å². The summed E-state index contributed by atoms with van der Waals surface area (Å²) in [7, 11) is 0. The van der Waals surface area contributed by atoms with Crippen LogP contribution in [0.2, 0.25) is 0 Å². The first kappa shape index (κ1) is 20.0. The van der Waals surface area contributed by atoms with Crippen LogP contribution in [0.3, 0.4) is 0 Å². The fourth-order valence-electron chi connectivity index (χ4n) is 2.69. The summed E-state index contributed by atoms with van der Waals surface area (Å²) in [5.74, 6) is -0.239. The molecule has 1 saturated heterocycles. The molecule has 8 heteroatoms. The van der Waals surface area contributed by atoms with Gasteiger partial charge in [-0.05, 0) is 24.1 Å². The van der Waals surface area contributed by atoms with Crippen molar-refractivity contribution < 1.29 is 22.3 Å². The molecule has 1 aliphatic rings. The third-order valence-electron chi connectivity index (χ3n) is 3.73. The molecule has 1 aliphatic heterocycles. The van der Waals surface area contributed by atoms with Gasteiger partial charge in [-0.25, -0.2) is 0 Å². The van der Waals surface area contributed by atoms with Gasteiger partial charge in [-0.2, -0.15) is 17.6 Å². The van der Waals surface area contributed by atoms with Crippen molar-refractivity contribution in [3.05, 3.63) is 29.8 Å². The quantitative estimate of drug-likeness (QED) is 0.787. The van der Waals surface area contributed by atoms with Crippen LogP contribution in [0.5, 0.6) is 5.75 Å². The van der Waals surface area contributed by atoms with Gasteiger partial charge in [-0.15, -0.1) is 12.4 Å². The van der Waals surface area contributed by atoms with E-state index in [1.165, 1.54) is 12.1 Å². The topological polar surface area (TPSA) is 24.5 Å². The molecule has 1 aromatic carbocycles. The van der Waals surface area contributed by atoms with Gasteiger partial charge in [0.1, 0.15) is 5.75 Å². The molecule has 0 aromatic heterocycles. The lowest BCUT2D eigenvalue weighted by Crippen LogP contribution is -2.45. The second-order valence-electron chi connectivity index (χ2n) is 5.25. The number of rotatable bonds is 6. The maximum absolute atomic E-state index is 13.0. The van der Waals surface area contributed by atoms with Gasteiger partial charge in [0.15, 0.2) is 0 Å². The molecule has 1 atom stereocenters. The van der Waals surface area contributed by atoms with Crippen molar-refractivity contribution in [2.24, 2.45) is 0 Å². The Morgan fingerprint density at radius 1 is 1.26 bits per heavy atom. The maximum Gasteiger partial charge on any atom is 0.461 e. The molecular weight excluding hydrogens is 336 g/mol. The Morgan fingerprint density at radius 3 is 2.48 bits per heavy atom. The lowest BCUT2D eigenvalue weighted by molar-refractivity contribution is -0.253. The van der Waals surface area contributed by atoms with Gasteiger partial charge in [-0.3, -0.25) is 4.90 Å². The van der Waals surface area contributed by atoms with E-state index in [2.05, 4.69) is 15.0 Å². The molecule has 1 aromatic rings. The summed E-state index contributed by atoms with van der Waals surface area (Å²) in [6.45, 7) is 5.47. The van der Waals surface area contributed by atoms with Gasteiger partial charge < -0.3 is 10.1 Å². The zero-order chi connectivity index (χ0) is 16.2. The lowest BCUT2D eigenvalue weighted by Gasteiger charge is -2.35. The molecule has 0 spiro atoms. The Bertz CT molecular complexity index is 484. The smallest absolute Gasteiger partial charge is 0.428 e. The average Bonchev–Trinajstić information content (AvgIpc) is 2.49. The van der Waals surface area contributed by atoms with Gasteiger partial charge >= 0.3 is 12.5 Å². The maximum atomic E-state index is 13.0. The molecule has 1 heterocycles. The van der Waals surface area contributed by atoms with Crippen molar-refractivity contribution >= 4 is 12.4 Å². The van der Waals surface area contributed by atoms with E-state index in [-0.39, 0.29) is 24.2 Å². The van der Waals surface area contributed by atoms with Crippen molar-refractivity contribution in [2.75, 3.05) is 26.2 Å². The van der Waals surface area contributed by atoms with E-state index in [0.29, 0.717) is 0 Å². The summed E-state index contributed by atoms with van der Waals surface area (Å²) in [5, 5.41) is 3.25. The number of benzene rings is 1. The van der Waals surface area contributed by atoms with E-state index in [9.17, 15) is 17.6 Å². The van der Waals surface area contributed by atoms with Crippen molar-refractivity contribution in [3.63, 3.8) is 0 Å². The highest BCUT2D eigenvalue weighted by molar-refractivity contribution is 5.85. The number of piperazine rings is 1. The van der Waals surface area contributed by atoms with Crippen molar-refractivity contribution in [2.45, 2.75) is 31.9 Å². The summed E-state index contributed by atoms with van der Waals surface area (Å²) < 4.78 is 54.6. The first-order valence-electron chi connectivity index (χ1n) is 7.33. The van der Waals surface area contributed by atoms with E-state index in [1.54, 1.807) is 6.07 Å². The van der Waals surface area contributed by atoms with Crippen LogP contribution in [0.15, 0.2) is 24.3 Å². The number of ether oxygens (including phenoxy) is 1. The molecular formula is C15H21ClF4N2O. The van der Waals surface area contributed by atoms with Gasteiger partial charge in [0.05, 0.1) is 0 Å². The predicted octanol–water partition coefficient (Wildman–Crippen LogP) is 3.70. The zero-order valence-corrected chi connectivity index (χ0v) is 13.6. The number of hydrogen-bond donors (Lipinski definition) is 1. The number of nitrogens with zero attached hydrogens (tertiary/aromatic N) is 1. The third-order valence-corrected chi connectivity index (χ3v) is 3.73. The minimum Gasteiger partial charge on any atom is -0.428 e. The van der Waals surface area contributed by atoms with Crippen LogP contribution < -0.4 is 10.1 Å². The summed E-state index contributed by atoms with van der Waals surface area (Å²) in [6.07, 6.45) is -7.53. The molecule has 0 unspecified atom stereocenters. The Kier molecular flexibility index (Phi) is 7.57. The monoisotopic (exact) mass is 356 g/mol. The Balaban J connectivity index is 0.00000264. The summed E-state index contributed by atoms with van der Waals surface area (Å²) in [4.78, 5) is 2.25. The van der Waals surface area contributed by atoms with Gasteiger partial charge in [0, 0.05) is 32.2 Å². The Labute approximate surface area is 139 Å². The highest BCUT2D eigenvalue weighted by atomic mass is 35.5. The predicted molar refractivity (Wildman–Crippen MR) is 82.7 cm³/mol. The number of nitrogens with one attached hydrogen (secondary N) is 1. The van der Waals surface area contributed by atoms with E-state index in [4.69, 9.17) is 0 Å². The van der Waals surface area contributed by atoms with Crippen LogP contribution in [-0.4, -0.2) is 43.6 Å². The fraction of sp³-hybridized carbons (Fsp3) is 0.600. The second-order valence-corrected chi connectivity index (χ2v) is 5.25. The number of hydrogen-bond acceptors (Lipinski definition) is 3. The first-order chi connectivity index (χ1) is 10.4. The summed E-state index contributed by atoms with van der Waals surface area (Å²) in [5.41, 5.74) is 0.798. The van der Waals surface area contributed by atoms with E-state index >= 15 is 0 Å². The van der Waals surface area contributed by atoms with Crippen LogP contribution in [0.4, 0.5) is 17.6 Å². The van der Waals surface area contributed by atoms with Crippen molar-refractivity contribution in [1.29, 1.82) is 0 Å². The standard InChI is InChI=1S/C15H20F4N2O.ClH/c1-2-13(21-8-6-20-7-9-21)11-4-3-5-12(10-11)22-15(18,19)14(16)17;/h3-5,10,13-14,20H,2,6-9H2,1H3;1H/t13-;/m0./s1. The van der Waals surface area contributed by atoms with Crippen LogP contribution in [0, 0.1) is 0 Å².